The molecule has 4 heteroatoms. The molecule has 1 aliphatic rings. The Hall–Kier alpha value is -0.580. The summed E-state index contributed by atoms with van der Waals surface area (Å²) in [4.78, 5) is 1.19. The Kier molecular flexibility index (Phi) is 6.08. The number of rotatable bonds is 6. The molecule has 1 aromatic carbocycles. The van der Waals surface area contributed by atoms with Gasteiger partial charge in [-0.1, -0.05) is 6.92 Å². The number of nitrogens with one attached hydrogen (secondary N) is 1. The van der Waals surface area contributed by atoms with E-state index in [0.717, 1.165) is 37.1 Å². The van der Waals surface area contributed by atoms with Gasteiger partial charge in [0, 0.05) is 22.8 Å². The second kappa shape index (κ2) is 7.61. The number of hydrogen-bond donors (Lipinski definition) is 1. The highest BCUT2D eigenvalue weighted by molar-refractivity contribution is 8.00. The molecule has 0 spiro atoms. The molecule has 118 valence electrons. The zero-order valence-electron chi connectivity index (χ0n) is 13.4. The summed E-state index contributed by atoms with van der Waals surface area (Å²) >= 11 is 1.84. The van der Waals surface area contributed by atoms with Crippen LogP contribution in [0.25, 0.3) is 0 Å². The lowest BCUT2D eigenvalue weighted by Gasteiger charge is -2.21. The van der Waals surface area contributed by atoms with E-state index in [0.29, 0.717) is 5.25 Å². The summed E-state index contributed by atoms with van der Waals surface area (Å²) in [6.07, 6.45) is 2.42. The van der Waals surface area contributed by atoms with Crippen molar-refractivity contribution in [1.29, 1.82) is 0 Å². The standard InChI is InChI=1S/C17H26FNOS/c1-5-7-19-12(3)14-10-15(18)11(2)9-17(14)21-16-6-8-20-13(16)4/h9-10,12-13,16,19H,5-8H2,1-4H3. The summed E-state index contributed by atoms with van der Waals surface area (Å²) < 4.78 is 19.6. The average Bonchev–Trinajstić information content (AvgIpc) is 2.85. The third-order valence-electron chi connectivity index (χ3n) is 4.04. The van der Waals surface area contributed by atoms with Crippen LogP contribution in [0.2, 0.25) is 0 Å². The zero-order valence-corrected chi connectivity index (χ0v) is 14.2. The molecule has 1 aromatic rings. The molecule has 1 aliphatic heterocycles. The normalized spacial score (nSPS) is 23.5. The molecule has 3 unspecified atom stereocenters. The Bertz CT molecular complexity index is 480. The van der Waals surface area contributed by atoms with Crippen LogP contribution in [0.4, 0.5) is 4.39 Å². The number of benzene rings is 1. The first-order chi connectivity index (χ1) is 10.0. The van der Waals surface area contributed by atoms with Crippen molar-refractivity contribution in [2.45, 2.75) is 62.8 Å². The van der Waals surface area contributed by atoms with Gasteiger partial charge in [0.2, 0.25) is 0 Å². The fourth-order valence-electron chi connectivity index (χ4n) is 2.61. The minimum Gasteiger partial charge on any atom is -0.377 e. The number of thioether (sulfide) groups is 1. The van der Waals surface area contributed by atoms with Crippen LogP contribution in [0.3, 0.4) is 0 Å². The highest BCUT2D eigenvalue weighted by Gasteiger charge is 2.27. The van der Waals surface area contributed by atoms with Crippen molar-refractivity contribution in [2.24, 2.45) is 0 Å². The summed E-state index contributed by atoms with van der Waals surface area (Å²) in [7, 11) is 0. The van der Waals surface area contributed by atoms with Gasteiger partial charge in [0.25, 0.3) is 0 Å². The lowest BCUT2D eigenvalue weighted by Crippen LogP contribution is -2.21. The minimum absolute atomic E-state index is 0.116. The van der Waals surface area contributed by atoms with E-state index in [1.54, 1.807) is 6.07 Å². The highest BCUT2D eigenvalue weighted by Crippen LogP contribution is 2.37. The second-order valence-corrected chi connectivity index (χ2v) is 7.12. The van der Waals surface area contributed by atoms with Crippen LogP contribution in [0.5, 0.6) is 0 Å². The van der Waals surface area contributed by atoms with Gasteiger partial charge in [-0.05, 0) is 63.4 Å². The number of ether oxygens (including phenoxy) is 1. The molecule has 1 N–H and O–H groups in total. The molecule has 0 bridgehead atoms. The number of hydrogen-bond acceptors (Lipinski definition) is 3. The fraction of sp³-hybridized carbons (Fsp3) is 0.647. The van der Waals surface area contributed by atoms with Crippen LogP contribution in [0.1, 0.15) is 50.8 Å². The Morgan fingerprint density at radius 2 is 2.24 bits per heavy atom. The maximum atomic E-state index is 14.0. The smallest absolute Gasteiger partial charge is 0.126 e. The first kappa shape index (κ1) is 16.8. The largest absolute Gasteiger partial charge is 0.377 e. The molecule has 21 heavy (non-hydrogen) atoms. The molecular weight excluding hydrogens is 285 g/mol. The van der Waals surface area contributed by atoms with E-state index < -0.39 is 0 Å². The van der Waals surface area contributed by atoms with Crippen molar-refractivity contribution in [3.05, 3.63) is 29.1 Å². The van der Waals surface area contributed by atoms with Crippen molar-refractivity contribution in [1.82, 2.24) is 5.32 Å². The van der Waals surface area contributed by atoms with Crippen molar-refractivity contribution < 1.29 is 9.13 Å². The van der Waals surface area contributed by atoms with Gasteiger partial charge in [-0.2, -0.15) is 0 Å². The van der Waals surface area contributed by atoms with E-state index in [9.17, 15) is 4.39 Å². The summed E-state index contributed by atoms with van der Waals surface area (Å²) in [6, 6.07) is 3.86. The maximum absolute atomic E-state index is 14.0. The molecule has 0 amide bonds. The average molecular weight is 311 g/mol. The zero-order chi connectivity index (χ0) is 15.4. The Labute approximate surface area is 131 Å². The molecule has 0 aliphatic carbocycles. The van der Waals surface area contributed by atoms with E-state index in [4.69, 9.17) is 4.74 Å². The SMILES string of the molecule is CCCNC(C)c1cc(F)c(C)cc1SC1CCOC1C. The first-order valence-corrected chi connectivity index (χ1v) is 8.72. The minimum atomic E-state index is -0.116. The van der Waals surface area contributed by atoms with Crippen molar-refractivity contribution in [2.75, 3.05) is 13.2 Å². The summed E-state index contributed by atoms with van der Waals surface area (Å²) in [6.45, 7) is 9.99. The van der Waals surface area contributed by atoms with Gasteiger partial charge in [0.1, 0.15) is 5.82 Å². The van der Waals surface area contributed by atoms with Gasteiger partial charge >= 0.3 is 0 Å². The molecule has 2 rings (SSSR count). The second-order valence-electron chi connectivity index (χ2n) is 5.84. The lowest BCUT2D eigenvalue weighted by atomic mass is 10.1. The molecule has 0 radical (unpaired) electrons. The summed E-state index contributed by atoms with van der Waals surface area (Å²) in [5, 5.41) is 3.93. The molecule has 3 atom stereocenters. The summed E-state index contributed by atoms with van der Waals surface area (Å²) in [5.74, 6) is -0.116. The fourth-order valence-corrected chi connectivity index (χ4v) is 4.04. The van der Waals surface area contributed by atoms with Crippen LogP contribution in [0.15, 0.2) is 17.0 Å². The predicted octanol–water partition coefficient (Wildman–Crippen LogP) is 4.46. The van der Waals surface area contributed by atoms with Gasteiger partial charge < -0.3 is 10.1 Å². The van der Waals surface area contributed by atoms with Crippen LogP contribution in [-0.4, -0.2) is 24.5 Å². The topological polar surface area (TPSA) is 21.3 Å². The summed E-state index contributed by atoms with van der Waals surface area (Å²) in [5.41, 5.74) is 1.78. The Morgan fingerprint density at radius 3 is 2.86 bits per heavy atom. The quantitative estimate of drug-likeness (QED) is 0.838. The van der Waals surface area contributed by atoms with E-state index >= 15 is 0 Å². The van der Waals surface area contributed by atoms with Gasteiger partial charge in [0.15, 0.2) is 0 Å². The maximum Gasteiger partial charge on any atom is 0.126 e. The van der Waals surface area contributed by atoms with Gasteiger partial charge in [0.05, 0.1) is 6.10 Å². The Morgan fingerprint density at radius 1 is 1.48 bits per heavy atom. The number of halogens is 1. The number of aryl methyl sites for hydroxylation is 1. The molecule has 1 heterocycles. The monoisotopic (exact) mass is 311 g/mol. The predicted molar refractivity (Wildman–Crippen MR) is 87.5 cm³/mol. The van der Waals surface area contributed by atoms with Gasteiger partial charge in [-0.25, -0.2) is 4.39 Å². The third-order valence-corrected chi connectivity index (χ3v) is 5.57. The van der Waals surface area contributed by atoms with Gasteiger partial charge in [-0.15, -0.1) is 11.8 Å². The van der Waals surface area contributed by atoms with Crippen LogP contribution in [0, 0.1) is 12.7 Å². The van der Waals surface area contributed by atoms with Gasteiger partial charge in [-0.3, -0.25) is 0 Å². The lowest BCUT2D eigenvalue weighted by molar-refractivity contribution is 0.127. The van der Waals surface area contributed by atoms with Crippen molar-refractivity contribution in [3.8, 4) is 0 Å². The van der Waals surface area contributed by atoms with Crippen LogP contribution in [-0.2, 0) is 4.74 Å². The highest BCUT2D eigenvalue weighted by atomic mass is 32.2. The molecule has 2 nitrogen and oxygen atoms in total. The van der Waals surface area contributed by atoms with Crippen molar-refractivity contribution in [3.63, 3.8) is 0 Å². The van der Waals surface area contributed by atoms with E-state index in [2.05, 4.69) is 26.1 Å². The van der Waals surface area contributed by atoms with Crippen molar-refractivity contribution >= 4 is 11.8 Å². The molecule has 1 fully saturated rings. The molecular formula is C17H26FNOS. The Balaban J connectivity index is 2.22. The molecule has 1 saturated heterocycles. The molecule has 0 saturated carbocycles. The van der Waals surface area contributed by atoms with Crippen LogP contribution >= 0.6 is 11.8 Å². The first-order valence-electron chi connectivity index (χ1n) is 7.84. The third kappa shape index (κ3) is 4.21. The van der Waals surface area contributed by atoms with E-state index in [1.807, 2.05) is 24.8 Å². The van der Waals surface area contributed by atoms with E-state index in [-0.39, 0.29) is 18.0 Å². The van der Waals surface area contributed by atoms with E-state index in [1.165, 1.54) is 4.90 Å². The molecule has 0 aromatic heterocycles. The van der Waals surface area contributed by atoms with Crippen LogP contribution < -0.4 is 5.32 Å².